The van der Waals surface area contributed by atoms with Crippen molar-refractivity contribution in [1.29, 1.82) is 0 Å². The Hall–Kier alpha value is -1.88. The smallest absolute Gasteiger partial charge is 0.246 e. The Labute approximate surface area is 118 Å². The number of carbonyl (C=O) groups excluding carboxylic acids is 1. The third-order valence-electron chi connectivity index (χ3n) is 2.94. The summed E-state index contributed by atoms with van der Waals surface area (Å²) in [7, 11) is 1.75. The molecule has 0 bridgehead atoms. The molecule has 0 aliphatic carbocycles. The first-order valence-corrected chi connectivity index (χ1v) is 6.58. The topological polar surface area (TPSA) is 48.0 Å². The third-order valence-corrected chi connectivity index (χ3v) is 3.43. The Kier molecular flexibility index (Phi) is 2.78. The number of hydrogen-bond donors (Lipinski definition) is 0. The Balaban J connectivity index is 2.09. The average Bonchev–Trinajstić information content (AvgIpc) is 2.91. The predicted octanol–water partition coefficient (Wildman–Crippen LogP) is 3.47. The summed E-state index contributed by atoms with van der Waals surface area (Å²) in [6.07, 6.45) is 0. The lowest BCUT2D eigenvalue weighted by molar-refractivity contribution is 0.100. The van der Waals surface area contributed by atoms with Gasteiger partial charge in [-0.25, -0.2) is 0 Å². The number of hydrogen-bond acceptors (Lipinski definition) is 3. The van der Waals surface area contributed by atoms with E-state index in [1.807, 2.05) is 25.1 Å². The van der Waals surface area contributed by atoms with Gasteiger partial charge in [0.2, 0.25) is 5.78 Å². The van der Waals surface area contributed by atoms with Crippen LogP contribution in [0.1, 0.15) is 21.9 Å². The highest BCUT2D eigenvalue weighted by molar-refractivity contribution is 9.10. The molecule has 0 spiro atoms. The van der Waals surface area contributed by atoms with Gasteiger partial charge in [0.05, 0.1) is 5.69 Å². The first-order valence-electron chi connectivity index (χ1n) is 5.79. The Morgan fingerprint density at radius 3 is 2.79 bits per heavy atom. The van der Waals surface area contributed by atoms with Crippen molar-refractivity contribution in [2.24, 2.45) is 7.05 Å². The van der Waals surface area contributed by atoms with Crippen molar-refractivity contribution in [1.82, 2.24) is 9.78 Å². The molecule has 0 aliphatic heterocycles. The molecule has 0 fully saturated rings. The molecular formula is C14H11BrN2O2. The zero-order chi connectivity index (χ0) is 13.6. The van der Waals surface area contributed by atoms with E-state index in [1.165, 1.54) is 0 Å². The van der Waals surface area contributed by atoms with Gasteiger partial charge >= 0.3 is 0 Å². The summed E-state index contributed by atoms with van der Waals surface area (Å²) in [5.41, 5.74) is 2.03. The fourth-order valence-corrected chi connectivity index (χ4v) is 2.45. The summed E-state index contributed by atoms with van der Waals surface area (Å²) in [5, 5.41) is 5.07. The van der Waals surface area contributed by atoms with Gasteiger partial charge in [0.1, 0.15) is 11.3 Å². The minimum absolute atomic E-state index is 0.157. The second kappa shape index (κ2) is 4.35. The second-order valence-electron chi connectivity index (χ2n) is 4.42. The van der Waals surface area contributed by atoms with Gasteiger partial charge in [0.15, 0.2) is 5.76 Å². The predicted molar refractivity (Wildman–Crippen MR) is 75.3 cm³/mol. The largest absolute Gasteiger partial charge is 0.453 e. The van der Waals surface area contributed by atoms with E-state index in [0.29, 0.717) is 17.0 Å². The van der Waals surface area contributed by atoms with Crippen LogP contribution < -0.4 is 0 Å². The molecule has 0 saturated carbocycles. The SMILES string of the molecule is Cc1cc(C(=O)c2cc3cc(Br)ccc3o2)n(C)n1. The van der Waals surface area contributed by atoms with Gasteiger partial charge in [-0.3, -0.25) is 9.48 Å². The highest BCUT2D eigenvalue weighted by atomic mass is 79.9. The first kappa shape index (κ1) is 12.2. The Bertz CT molecular complexity index is 786. The summed E-state index contributed by atoms with van der Waals surface area (Å²) >= 11 is 3.40. The van der Waals surface area contributed by atoms with Crippen molar-refractivity contribution in [3.8, 4) is 0 Å². The van der Waals surface area contributed by atoms with E-state index in [2.05, 4.69) is 21.0 Å². The molecule has 96 valence electrons. The van der Waals surface area contributed by atoms with Gasteiger partial charge in [-0.1, -0.05) is 15.9 Å². The van der Waals surface area contributed by atoms with Gasteiger partial charge in [-0.2, -0.15) is 5.10 Å². The van der Waals surface area contributed by atoms with Crippen LogP contribution in [0.25, 0.3) is 11.0 Å². The van der Waals surface area contributed by atoms with Crippen LogP contribution in [0.4, 0.5) is 0 Å². The van der Waals surface area contributed by atoms with E-state index >= 15 is 0 Å². The number of nitrogens with zero attached hydrogens (tertiary/aromatic N) is 2. The molecule has 4 nitrogen and oxygen atoms in total. The molecule has 0 atom stereocenters. The number of aromatic nitrogens is 2. The molecule has 0 amide bonds. The quantitative estimate of drug-likeness (QED) is 0.680. The fourth-order valence-electron chi connectivity index (χ4n) is 2.08. The van der Waals surface area contributed by atoms with E-state index in [1.54, 1.807) is 23.9 Å². The van der Waals surface area contributed by atoms with Crippen molar-refractivity contribution in [2.45, 2.75) is 6.92 Å². The molecule has 0 N–H and O–H groups in total. The highest BCUT2D eigenvalue weighted by Gasteiger charge is 2.18. The maximum atomic E-state index is 12.4. The monoisotopic (exact) mass is 318 g/mol. The Morgan fingerprint density at radius 2 is 2.11 bits per heavy atom. The molecule has 2 aromatic heterocycles. The van der Waals surface area contributed by atoms with Crippen LogP contribution in [0.5, 0.6) is 0 Å². The number of benzene rings is 1. The lowest BCUT2D eigenvalue weighted by atomic mass is 10.2. The molecule has 19 heavy (non-hydrogen) atoms. The van der Waals surface area contributed by atoms with Crippen LogP contribution in [0.3, 0.4) is 0 Å². The van der Waals surface area contributed by atoms with E-state index in [-0.39, 0.29) is 5.78 Å². The van der Waals surface area contributed by atoms with Crippen molar-refractivity contribution in [3.63, 3.8) is 0 Å². The number of ketones is 1. The molecular weight excluding hydrogens is 308 g/mol. The van der Waals surface area contributed by atoms with Crippen LogP contribution in [0, 0.1) is 6.92 Å². The van der Waals surface area contributed by atoms with Crippen LogP contribution in [0.2, 0.25) is 0 Å². The number of carbonyl (C=O) groups is 1. The van der Waals surface area contributed by atoms with E-state index < -0.39 is 0 Å². The molecule has 3 rings (SSSR count). The van der Waals surface area contributed by atoms with Gasteiger partial charge in [0, 0.05) is 16.9 Å². The van der Waals surface area contributed by atoms with E-state index in [9.17, 15) is 4.79 Å². The molecule has 0 unspecified atom stereocenters. The molecule has 5 heteroatoms. The minimum Gasteiger partial charge on any atom is -0.453 e. The summed E-state index contributed by atoms with van der Waals surface area (Å²) in [6, 6.07) is 9.15. The molecule has 2 heterocycles. The van der Waals surface area contributed by atoms with Crippen molar-refractivity contribution >= 4 is 32.7 Å². The molecule has 0 saturated heterocycles. The minimum atomic E-state index is -0.157. The van der Waals surface area contributed by atoms with Crippen molar-refractivity contribution in [3.05, 3.63) is 52.0 Å². The van der Waals surface area contributed by atoms with Gasteiger partial charge in [0.25, 0.3) is 0 Å². The van der Waals surface area contributed by atoms with Gasteiger partial charge < -0.3 is 4.42 Å². The number of furan rings is 1. The van der Waals surface area contributed by atoms with Crippen LogP contribution in [-0.2, 0) is 7.05 Å². The number of aryl methyl sites for hydroxylation is 2. The third kappa shape index (κ3) is 2.10. The molecule has 0 radical (unpaired) electrons. The Morgan fingerprint density at radius 1 is 1.32 bits per heavy atom. The zero-order valence-corrected chi connectivity index (χ0v) is 12.1. The summed E-state index contributed by atoms with van der Waals surface area (Å²) in [4.78, 5) is 12.4. The molecule has 3 aromatic rings. The summed E-state index contributed by atoms with van der Waals surface area (Å²) in [5.74, 6) is 0.173. The summed E-state index contributed by atoms with van der Waals surface area (Å²) < 4.78 is 8.12. The van der Waals surface area contributed by atoms with Gasteiger partial charge in [-0.05, 0) is 37.3 Å². The standard InChI is InChI=1S/C14H11BrN2O2/c1-8-5-11(17(2)16-8)14(18)13-7-9-6-10(15)3-4-12(9)19-13/h3-7H,1-2H3. The molecule has 1 aromatic carbocycles. The lowest BCUT2D eigenvalue weighted by Gasteiger charge is -1.96. The van der Waals surface area contributed by atoms with E-state index in [0.717, 1.165) is 15.6 Å². The first-order chi connectivity index (χ1) is 9.04. The van der Waals surface area contributed by atoms with Crippen molar-refractivity contribution < 1.29 is 9.21 Å². The normalized spacial score (nSPS) is 11.1. The van der Waals surface area contributed by atoms with Gasteiger partial charge in [-0.15, -0.1) is 0 Å². The number of fused-ring (bicyclic) bond motifs is 1. The van der Waals surface area contributed by atoms with Crippen LogP contribution in [-0.4, -0.2) is 15.6 Å². The van der Waals surface area contributed by atoms with Crippen LogP contribution in [0.15, 0.2) is 39.2 Å². The maximum absolute atomic E-state index is 12.4. The summed E-state index contributed by atoms with van der Waals surface area (Å²) in [6.45, 7) is 1.85. The second-order valence-corrected chi connectivity index (χ2v) is 5.33. The fraction of sp³-hybridized carbons (Fsp3) is 0.143. The lowest BCUT2D eigenvalue weighted by Crippen LogP contribution is -2.07. The zero-order valence-electron chi connectivity index (χ0n) is 10.5. The highest BCUT2D eigenvalue weighted by Crippen LogP contribution is 2.24. The van der Waals surface area contributed by atoms with Crippen molar-refractivity contribution in [2.75, 3.05) is 0 Å². The average molecular weight is 319 g/mol. The van der Waals surface area contributed by atoms with E-state index in [4.69, 9.17) is 4.42 Å². The molecule has 0 aliphatic rings. The number of rotatable bonds is 2. The number of halogens is 1. The maximum Gasteiger partial charge on any atom is 0.246 e. The van der Waals surface area contributed by atoms with Crippen LogP contribution >= 0.6 is 15.9 Å².